The molecular weight excluding hydrogens is 407 g/mol. The zero-order chi connectivity index (χ0) is 22.5. The fourth-order valence-corrected chi connectivity index (χ4v) is 5.85. The summed E-state index contributed by atoms with van der Waals surface area (Å²) in [5.41, 5.74) is 8.03. The first-order valence-electron chi connectivity index (χ1n) is 10.9. The highest BCUT2D eigenvalue weighted by atomic mass is 31.1. The molecule has 2 nitrogen and oxygen atoms in total. The van der Waals surface area contributed by atoms with Gasteiger partial charge in [-0.05, 0) is 56.5 Å². The van der Waals surface area contributed by atoms with E-state index >= 15 is 0 Å². The molecule has 4 aromatic rings. The molecular formula is C29H29N2P. The number of anilines is 1. The quantitative estimate of drug-likeness (QED) is 0.251. The molecule has 3 heteroatoms. The molecule has 0 amide bonds. The second-order valence-corrected chi connectivity index (χ2v) is 10.1. The van der Waals surface area contributed by atoms with E-state index in [4.69, 9.17) is 4.99 Å². The molecule has 0 atom stereocenters. The van der Waals surface area contributed by atoms with E-state index in [0.29, 0.717) is 0 Å². The second-order valence-electron chi connectivity index (χ2n) is 8.14. The first-order chi connectivity index (χ1) is 15.5. The lowest BCUT2D eigenvalue weighted by atomic mass is 10.0. The molecule has 0 heterocycles. The lowest BCUT2D eigenvalue weighted by molar-refractivity contribution is 1.28. The van der Waals surface area contributed by atoms with Gasteiger partial charge in [0.1, 0.15) is 0 Å². The van der Waals surface area contributed by atoms with Crippen LogP contribution in [0.5, 0.6) is 0 Å². The van der Waals surface area contributed by atoms with Gasteiger partial charge in [-0.15, -0.1) is 0 Å². The summed E-state index contributed by atoms with van der Waals surface area (Å²) in [4.78, 5) is 5.00. The van der Waals surface area contributed by atoms with Crippen molar-refractivity contribution in [2.75, 3.05) is 5.09 Å². The van der Waals surface area contributed by atoms with E-state index < -0.39 is 8.07 Å². The number of nitrogens with zero attached hydrogens (tertiary/aromatic N) is 1. The van der Waals surface area contributed by atoms with Gasteiger partial charge in [0.05, 0.1) is 13.8 Å². The Morgan fingerprint density at radius 1 is 0.688 bits per heavy atom. The predicted octanol–water partition coefficient (Wildman–Crippen LogP) is 7.21. The highest BCUT2D eigenvalue weighted by Gasteiger charge is 2.14. The van der Waals surface area contributed by atoms with Gasteiger partial charge < -0.3 is 5.09 Å². The standard InChI is InChI=1S/C29H29N2P/c1-21-18-22(2)29(23(3)19-21)30-24(4)25-12-11-13-26(20-25)31-32(27-14-7-5-8-15-27)28-16-9-6-10-17-28/h5-20,31H,1-4H3. The van der Waals surface area contributed by atoms with Crippen molar-refractivity contribution in [3.05, 3.63) is 119 Å². The number of aliphatic imine (C=N–C) groups is 1. The molecule has 0 unspecified atom stereocenters. The van der Waals surface area contributed by atoms with Gasteiger partial charge >= 0.3 is 0 Å². The van der Waals surface area contributed by atoms with Gasteiger partial charge in [0.15, 0.2) is 0 Å². The van der Waals surface area contributed by atoms with Crippen LogP contribution >= 0.6 is 8.07 Å². The van der Waals surface area contributed by atoms with Crippen molar-refractivity contribution in [3.8, 4) is 0 Å². The van der Waals surface area contributed by atoms with E-state index in [-0.39, 0.29) is 0 Å². The molecule has 4 aromatic carbocycles. The summed E-state index contributed by atoms with van der Waals surface area (Å²) < 4.78 is 0. The van der Waals surface area contributed by atoms with Gasteiger partial charge in [-0.25, -0.2) is 0 Å². The van der Waals surface area contributed by atoms with Gasteiger partial charge in [0.25, 0.3) is 0 Å². The number of nitrogens with one attached hydrogen (secondary N) is 1. The Kier molecular flexibility index (Phi) is 6.83. The average molecular weight is 437 g/mol. The molecule has 0 radical (unpaired) electrons. The summed E-state index contributed by atoms with van der Waals surface area (Å²) in [7, 11) is -0.711. The molecule has 0 aromatic heterocycles. The summed E-state index contributed by atoms with van der Waals surface area (Å²) in [5.74, 6) is 0. The van der Waals surface area contributed by atoms with E-state index in [9.17, 15) is 0 Å². The zero-order valence-electron chi connectivity index (χ0n) is 19.1. The molecule has 160 valence electrons. The van der Waals surface area contributed by atoms with E-state index in [0.717, 1.165) is 22.6 Å². The summed E-state index contributed by atoms with van der Waals surface area (Å²) in [5, 5.41) is 6.41. The Labute approximate surface area is 192 Å². The number of hydrogen-bond donors (Lipinski definition) is 1. The van der Waals surface area contributed by atoms with Gasteiger partial charge in [0.2, 0.25) is 0 Å². The van der Waals surface area contributed by atoms with Crippen LogP contribution in [-0.4, -0.2) is 5.71 Å². The van der Waals surface area contributed by atoms with Crippen molar-refractivity contribution in [3.63, 3.8) is 0 Å². The molecule has 0 bridgehead atoms. The SMILES string of the molecule is CC(=Nc1c(C)cc(C)cc1C)c1cccc(NP(c2ccccc2)c2ccccc2)c1. The summed E-state index contributed by atoms with van der Waals surface area (Å²) in [6.45, 7) is 8.50. The van der Waals surface area contributed by atoms with Gasteiger partial charge in [-0.3, -0.25) is 4.99 Å². The van der Waals surface area contributed by atoms with Gasteiger partial charge in [0, 0.05) is 22.0 Å². The van der Waals surface area contributed by atoms with Crippen molar-refractivity contribution in [2.24, 2.45) is 4.99 Å². The Hall–Kier alpha value is -3.22. The maximum absolute atomic E-state index is 5.00. The van der Waals surface area contributed by atoms with Crippen molar-refractivity contribution in [1.82, 2.24) is 0 Å². The number of rotatable bonds is 6. The fourth-order valence-electron chi connectivity index (χ4n) is 3.96. The maximum Gasteiger partial charge on any atom is 0.0691 e. The Morgan fingerprint density at radius 3 is 1.81 bits per heavy atom. The van der Waals surface area contributed by atoms with Gasteiger partial charge in [-0.2, -0.15) is 0 Å². The molecule has 32 heavy (non-hydrogen) atoms. The predicted molar refractivity (Wildman–Crippen MR) is 142 cm³/mol. The maximum atomic E-state index is 5.00. The lowest BCUT2D eigenvalue weighted by Gasteiger charge is -2.21. The summed E-state index contributed by atoms with van der Waals surface area (Å²) in [6.07, 6.45) is 0. The van der Waals surface area contributed by atoms with Crippen molar-refractivity contribution in [1.29, 1.82) is 0 Å². The minimum absolute atomic E-state index is 0.711. The molecule has 0 saturated carbocycles. The second kappa shape index (κ2) is 9.94. The van der Waals surface area contributed by atoms with Crippen LogP contribution < -0.4 is 15.7 Å². The van der Waals surface area contributed by atoms with Crippen molar-refractivity contribution < 1.29 is 0 Å². The number of benzene rings is 4. The molecule has 1 N–H and O–H groups in total. The Balaban J connectivity index is 1.66. The third kappa shape index (κ3) is 5.15. The Morgan fingerprint density at radius 2 is 1.25 bits per heavy atom. The topological polar surface area (TPSA) is 24.4 Å². The minimum atomic E-state index is -0.711. The summed E-state index contributed by atoms with van der Waals surface area (Å²) in [6, 6.07) is 34.3. The van der Waals surface area contributed by atoms with Crippen molar-refractivity contribution in [2.45, 2.75) is 27.7 Å². The first-order valence-corrected chi connectivity index (χ1v) is 12.3. The number of aryl methyl sites for hydroxylation is 3. The lowest BCUT2D eigenvalue weighted by Crippen LogP contribution is -2.17. The largest absolute Gasteiger partial charge is 0.357 e. The third-order valence-electron chi connectivity index (χ3n) is 5.46. The first kappa shape index (κ1) is 22.0. The highest BCUT2D eigenvalue weighted by Crippen LogP contribution is 2.35. The van der Waals surface area contributed by atoms with Crippen LogP contribution in [0.4, 0.5) is 11.4 Å². The van der Waals surface area contributed by atoms with E-state index in [1.165, 1.54) is 27.3 Å². The van der Waals surface area contributed by atoms with Gasteiger partial charge in [-0.1, -0.05) is 90.5 Å². The van der Waals surface area contributed by atoms with Crippen molar-refractivity contribution >= 4 is 35.8 Å². The molecule has 0 saturated heterocycles. The van der Waals surface area contributed by atoms with Crippen LogP contribution in [0.2, 0.25) is 0 Å². The molecule has 4 rings (SSSR count). The van der Waals surface area contributed by atoms with E-state index in [1.54, 1.807) is 0 Å². The van der Waals surface area contributed by atoms with Crippen LogP contribution in [0.3, 0.4) is 0 Å². The average Bonchev–Trinajstić information content (AvgIpc) is 2.81. The van der Waals surface area contributed by atoms with Crippen LogP contribution in [-0.2, 0) is 0 Å². The Bertz CT molecular complexity index is 1170. The molecule has 0 fully saturated rings. The monoisotopic (exact) mass is 436 g/mol. The third-order valence-corrected chi connectivity index (χ3v) is 7.58. The molecule has 0 spiro atoms. The highest BCUT2D eigenvalue weighted by molar-refractivity contribution is 7.74. The zero-order valence-corrected chi connectivity index (χ0v) is 20.0. The minimum Gasteiger partial charge on any atom is -0.357 e. The van der Waals surface area contributed by atoms with Crippen LogP contribution in [0.1, 0.15) is 29.2 Å². The molecule has 0 aliphatic carbocycles. The van der Waals surface area contributed by atoms with Crippen LogP contribution in [0.25, 0.3) is 0 Å². The summed E-state index contributed by atoms with van der Waals surface area (Å²) >= 11 is 0. The fraction of sp³-hybridized carbons (Fsp3) is 0.138. The van der Waals surface area contributed by atoms with E-state index in [2.05, 4.69) is 130 Å². The number of hydrogen-bond acceptors (Lipinski definition) is 2. The van der Waals surface area contributed by atoms with E-state index in [1.807, 2.05) is 0 Å². The van der Waals surface area contributed by atoms with Crippen LogP contribution in [0.15, 0.2) is 102 Å². The van der Waals surface area contributed by atoms with Crippen LogP contribution in [0, 0.1) is 20.8 Å². The molecule has 0 aliphatic rings. The normalized spacial score (nSPS) is 11.6. The molecule has 0 aliphatic heterocycles. The smallest absolute Gasteiger partial charge is 0.0691 e.